The van der Waals surface area contributed by atoms with Gasteiger partial charge in [0.25, 0.3) is 0 Å². The first-order valence-electron chi connectivity index (χ1n) is 7.31. The number of thioether (sulfide) groups is 1. The molecule has 0 amide bonds. The SMILES string of the molecule is COCCCOc1cc2c(cc1Cl)C(=O)CC1(CCC1)S2. The van der Waals surface area contributed by atoms with Gasteiger partial charge in [-0.15, -0.1) is 11.8 Å². The van der Waals surface area contributed by atoms with Crippen LogP contribution in [0.2, 0.25) is 5.02 Å². The molecule has 1 aliphatic carbocycles. The Morgan fingerprint density at radius 3 is 2.81 bits per heavy atom. The fraction of sp³-hybridized carbons (Fsp3) is 0.562. The number of Topliss-reactive ketones (excluding diaryl/α,β-unsaturated/α-hetero) is 1. The Kier molecular flexibility index (Phi) is 4.48. The van der Waals surface area contributed by atoms with Gasteiger partial charge < -0.3 is 9.47 Å². The molecular weight excluding hydrogens is 308 g/mol. The maximum absolute atomic E-state index is 12.3. The average Bonchev–Trinajstić information content (AvgIpc) is 2.43. The molecule has 0 radical (unpaired) electrons. The van der Waals surface area contributed by atoms with E-state index in [4.69, 9.17) is 21.1 Å². The minimum atomic E-state index is 0.144. The molecule has 0 atom stereocenters. The molecular formula is C16H19ClO3S. The number of methoxy groups -OCH3 is 1. The van der Waals surface area contributed by atoms with Gasteiger partial charge in [-0.2, -0.15) is 0 Å². The maximum atomic E-state index is 12.3. The van der Waals surface area contributed by atoms with E-state index in [9.17, 15) is 4.79 Å². The number of fused-ring (bicyclic) bond motifs is 1. The Morgan fingerprint density at radius 2 is 2.14 bits per heavy atom. The van der Waals surface area contributed by atoms with E-state index in [-0.39, 0.29) is 10.5 Å². The lowest BCUT2D eigenvalue weighted by Crippen LogP contribution is -2.38. The van der Waals surface area contributed by atoms with E-state index in [1.54, 1.807) is 13.2 Å². The number of carbonyl (C=O) groups is 1. The van der Waals surface area contributed by atoms with Crippen LogP contribution in [0, 0.1) is 0 Å². The van der Waals surface area contributed by atoms with E-state index in [0.717, 1.165) is 29.7 Å². The van der Waals surface area contributed by atoms with Crippen molar-refractivity contribution in [2.45, 2.75) is 41.7 Å². The number of ether oxygens (including phenoxy) is 2. The normalized spacial score (nSPS) is 19.2. The summed E-state index contributed by atoms with van der Waals surface area (Å²) < 4.78 is 10.9. The number of benzene rings is 1. The fourth-order valence-corrected chi connectivity index (χ4v) is 4.67. The van der Waals surface area contributed by atoms with Gasteiger partial charge in [0.1, 0.15) is 5.75 Å². The van der Waals surface area contributed by atoms with E-state index in [1.807, 2.05) is 17.8 Å². The molecule has 1 aromatic rings. The predicted molar refractivity (Wildman–Crippen MR) is 84.8 cm³/mol. The number of rotatable bonds is 5. The van der Waals surface area contributed by atoms with Crippen molar-refractivity contribution in [1.82, 2.24) is 0 Å². The van der Waals surface area contributed by atoms with Crippen molar-refractivity contribution in [1.29, 1.82) is 0 Å². The van der Waals surface area contributed by atoms with Crippen LogP contribution in [0.25, 0.3) is 0 Å². The Labute approximate surface area is 134 Å². The van der Waals surface area contributed by atoms with Gasteiger partial charge in [0.05, 0.1) is 11.6 Å². The van der Waals surface area contributed by atoms with Crippen LogP contribution >= 0.6 is 23.4 Å². The zero-order chi connectivity index (χ0) is 14.9. The summed E-state index contributed by atoms with van der Waals surface area (Å²) in [5, 5.41) is 0.518. The first-order chi connectivity index (χ1) is 10.1. The molecule has 0 unspecified atom stereocenters. The molecule has 1 spiro atoms. The summed E-state index contributed by atoms with van der Waals surface area (Å²) in [6, 6.07) is 3.70. The van der Waals surface area contributed by atoms with Crippen molar-refractivity contribution in [2.24, 2.45) is 0 Å². The number of carbonyl (C=O) groups excluding carboxylic acids is 1. The molecule has 5 heteroatoms. The number of ketones is 1. The third kappa shape index (κ3) is 3.08. The van der Waals surface area contributed by atoms with E-state index >= 15 is 0 Å². The molecule has 3 rings (SSSR count). The average molecular weight is 327 g/mol. The van der Waals surface area contributed by atoms with Gasteiger partial charge in [-0.25, -0.2) is 0 Å². The summed E-state index contributed by atoms with van der Waals surface area (Å²) in [5.41, 5.74) is 0.756. The van der Waals surface area contributed by atoms with Gasteiger partial charge in [-0.05, 0) is 25.0 Å². The highest BCUT2D eigenvalue weighted by Gasteiger charge is 2.44. The summed E-state index contributed by atoms with van der Waals surface area (Å²) in [6.07, 6.45) is 4.96. The summed E-state index contributed by atoms with van der Waals surface area (Å²) in [5.74, 6) is 0.888. The first-order valence-corrected chi connectivity index (χ1v) is 8.50. The number of halogens is 1. The number of hydrogen-bond acceptors (Lipinski definition) is 4. The highest BCUT2D eigenvalue weighted by Crippen LogP contribution is 2.55. The predicted octanol–water partition coefficient (Wildman–Crippen LogP) is 4.36. The second-order valence-electron chi connectivity index (χ2n) is 5.71. The van der Waals surface area contributed by atoms with Gasteiger partial charge in [0.15, 0.2) is 5.78 Å². The van der Waals surface area contributed by atoms with E-state index in [0.29, 0.717) is 30.4 Å². The van der Waals surface area contributed by atoms with E-state index < -0.39 is 0 Å². The lowest BCUT2D eigenvalue weighted by Gasteiger charge is -2.43. The van der Waals surface area contributed by atoms with E-state index in [2.05, 4.69) is 0 Å². The lowest BCUT2D eigenvalue weighted by molar-refractivity contribution is 0.0943. The monoisotopic (exact) mass is 326 g/mol. The fourth-order valence-electron chi connectivity index (χ4n) is 2.84. The lowest BCUT2D eigenvalue weighted by atomic mass is 9.79. The molecule has 3 nitrogen and oxygen atoms in total. The van der Waals surface area contributed by atoms with Crippen LogP contribution in [0.4, 0.5) is 0 Å². The summed E-state index contributed by atoms with van der Waals surface area (Å²) in [7, 11) is 1.67. The zero-order valence-corrected chi connectivity index (χ0v) is 13.7. The minimum absolute atomic E-state index is 0.144. The molecule has 1 saturated carbocycles. The van der Waals surface area contributed by atoms with Crippen LogP contribution in [0.1, 0.15) is 42.5 Å². The van der Waals surface area contributed by atoms with Gasteiger partial charge in [-0.3, -0.25) is 4.79 Å². The van der Waals surface area contributed by atoms with Crippen LogP contribution in [0.5, 0.6) is 5.75 Å². The minimum Gasteiger partial charge on any atom is -0.492 e. The largest absolute Gasteiger partial charge is 0.492 e. The van der Waals surface area contributed by atoms with Crippen molar-refractivity contribution >= 4 is 29.1 Å². The Balaban J connectivity index is 1.78. The van der Waals surface area contributed by atoms with Crippen LogP contribution < -0.4 is 4.74 Å². The quantitative estimate of drug-likeness (QED) is 0.753. The smallest absolute Gasteiger partial charge is 0.165 e. The van der Waals surface area contributed by atoms with Crippen LogP contribution in [0.15, 0.2) is 17.0 Å². The van der Waals surface area contributed by atoms with Gasteiger partial charge in [-0.1, -0.05) is 18.0 Å². The standard InChI is InChI=1S/C16H19ClO3S/c1-19-6-3-7-20-14-9-15-11(8-12(14)17)13(18)10-16(21-15)4-2-5-16/h8-9H,2-7,10H2,1H3. The third-order valence-corrected chi connectivity index (χ3v) is 6.00. The van der Waals surface area contributed by atoms with Gasteiger partial charge in [0, 0.05) is 41.8 Å². The topological polar surface area (TPSA) is 35.5 Å². The third-order valence-electron chi connectivity index (χ3n) is 4.16. The highest BCUT2D eigenvalue weighted by molar-refractivity contribution is 8.01. The Morgan fingerprint density at radius 1 is 1.33 bits per heavy atom. The molecule has 114 valence electrons. The van der Waals surface area contributed by atoms with E-state index in [1.165, 1.54) is 6.42 Å². The Bertz CT molecular complexity index is 555. The molecule has 1 fully saturated rings. The first kappa shape index (κ1) is 15.2. The van der Waals surface area contributed by atoms with Crippen LogP contribution in [0.3, 0.4) is 0 Å². The highest BCUT2D eigenvalue weighted by atomic mass is 35.5. The van der Waals surface area contributed by atoms with Crippen molar-refractivity contribution < 1.29 is 14.3 Å². The molecule has 0 bridgehead atoms. The van der Waals surface area contributed by atoms with Gasteiger partial charge in [0.2, 0.25) is 0 Å². The molecule has 0 N–H and O–H groups in total. The second-order valence-corrected chi connectivity index (χ2v) is 7.63. The van der Waals surface area contributed by atoms with Gasteiger partial charge >= 0.3 is 0 Å². The van der Waals surface area contributed by atoms with Crippen molar-refractivity contribution in [3.05, 3.63) is 22.7 Å². The molecule has 1 aromatic carbocycles. The number of hydrogen-bond donors (Lipinski definition) is 0. The molecule has 2 aliphatic rings. The maximum Gasteiger partial charge on any atom is 0.165 e. The summed E-state index contributed by atoms with van der Waals surface area (Å²) >= 11 is 8.07. The molecule has 1 heterocycles. The second kappa shape index (κ2) is 6.19. The zero-order valence-electron chi connectivity index (χ0n) is 12.1. The van der Waals surface area contributed by atoms with Crippen LogP contribution in [-0.4, -0.2) is 30.9 Å². The van der Waals surface area contributed by atoms with Crippen LogP contribution in [-0.2, 0) is 4.74 Å². The van der Waals surface area contributed by atoms with Crippen molar-refractivity contribution in [3.63, 3.8) is 0 Å². The molecule has 0 saturated heterocycles. The molecule has 21 heavy (non-hydrogen) atoms. The molecule has 1 aliphatic heterocycles. The van der Waals surface area contributed by atoms with Crippen molar-refractivity contribution in [2.75, 3.05) is 20.3 Å². The Hall–Kier alpha value is -0.710. The summed E-state index contributed by atoms with van der Waals surface area (Å²) in [6.45, 7) is 1.23. The van der Waals surface area contributed by atoms with Crippen molar-refractivity contribution in [3.8, 4) is 5.75 Å². The molecule has 0 aromatic heterocycles. The summed E-state index contributed by atoms with van der Waals surface area (Å²) in [4.78, 5) is 13.4.